The fourth-order valence-electron chi connectivity index (χ4n) is 1.61. The molecule has 0 aliphatic carbocycles. The molecule has 0 saturated heterocycles. The zero-order valence-corrected chi connectivity index (χ0v) is 13.1. The van der Waals surface area contributed by atoms with Crippen molar-refractivity contribution < 1.29 is 4.74 Å². The average molecular weight is 371 g/mol. The van der Waals surface area contributed by atoms with Crippen molar-refractivity contribution in [1.82, 2.24) is 5.32 Å². The third-order valence-corrected chi connectivity index (χ3v) is 3.45. The van der Waals surface area contributed by atoms with Gasteiger partial charge in [-0.3, -0.25) is 0 Å². The predicted octanol–water partition coefficient (Wildman–Crippen LogP) is 4.72. The van der Waals surface area contributed by atoms with Crippen molar-refractivity contribution in [2.24, 2.45) is 0 Å². The number of benzene rings is 2. The van der Waals surface area contributed by atoms with Gasteiger partial charge in [0.05, 0.1) is 0 Å². The fraction of sp³-hybridized carbons (Fsp3) is 0.143. The minimum atomic E-state index is 0.769. The minimum Gasteiger partial charge on any atom is -0.457 e. The van der Waals surface area contributed by atoms with Gasteiger partial charge in [-0.05, 0) is 49.5 Å². The summed E-state index contributed by atoms with van der Waals surface area (Å²) in [5.74, 6) is 1.70. The SMILES string of the molecule is CNCc1cc(Br)ccc1Oc1ccc(Br)cc1. The van der Waals surface area contributed by atoms with Crippen molar-refractivity contribution in [3.63, 3.8) is 0 Å². The lowest BCUT2D eigenvalue weighted by molar-refractivity contribution is 0.474. The summed E-state index contributed by atoms with van der Waals surface area (Å²) in [6.07, 6.45) is 0. The molecule has 0 atom stereocenters. The topological polar surface area (TPSA) is 21.3 Å². The van der Waals surface area contributed by atoms with Crippen LogP contribution >= 0.6 is 31.9 Å². The van der Waals surface area contributed by atoms with Crippen LogP contribution in [0.2, 0.25) is 0 Å². The third kappa shape index (κ3) is 3.57. The smallest absolute Gasteiger partial charge is 0.131 e. The molecule has 0 saturated carbocycles. The molecule has 0 amide bonds. The van der Waals surface area contributed by atoms with E-state index in [1.54, 1.807) is 0 Å². The Morgan fingerprint density at radius 3 is 2.33 bits per heavy atom. The molecule has 18 heavy (non-hydrogen) atoms. The molecule has 0 aliphatic heterocycles. The summed E-state index contributed by atoms with van der Waals surface area (Å²) in [5, 5.41) is 3.14. The number of halogens is 2. The van der Waals surface area contributed by atoms with Gasteiger partial charge >= 0.3 is 0 Å². The average Bonchev–Trinajstić information content (AvgIpc) is 2.36. The van der Waals surface area contributed by atoms with Crippen LogP contribution in [0, 0.1) is 0 Å². The van der Waals surface area contributed by atoms with E-state index in [9.17, 15) is 0 Å². The van der Waals surface area contributed by atoms with Gasteiger partial charge in [0.2, 0.25) is 0 Å². The second kappa shape index (κ2) is 6.36. The molecule has 0 fully saturated rings. The second-order valence-corrected chi connectivity index (χ2v) is 5.67. The van der Waals surface area contributed by atoms with Crippen LogP contribution in [0.25, 0.3) is 0 Å². The molecule has 0 spiro atoms. The fourth-order valence-corrected chi connectivity index (χ4v) is 2.28. The van der Waals surface area contributed by atoms with Gasteiger partial charge in [-0.1, -0.05) is 31.9 Å². The molecule has 2 aromatic rings. The molecule has 1 N–H and O–H groups in total. The van der Waals surface area contributed by atoms with Crippen molar-refractivity contribution in [2.75, 3.05) is 7.05 Å². The first-order valence-corrected chi connectivity index (χ1v) is 7.14. The van der Waals surface area contributed by atoms with E-state index in [2.05, 4.69) is 43.2 Å². The summed E-state index contributed by atoms with van der Waals surface area (Å²) in [6.45, 7) is 0.769. The largest absolute Gasteiger partial charge is 0.457 e. The van der Waals surface area contributed by atoms with Gasteiger partial charge in [0.25, 0.3) is 0 Å². The van der Waals surface area contributed by atoms with Crippen LogP contribution in [0.1, 0.15) is 5.56 Å². The first-order valence-electron chi connectivity index (χ1n) is 5.55. The van der Waals surface area contributed by atoms with E-state index >= 15 is 0 Å². The highest BCUT2D eigenvalue weighted by Gasteiger charge is 2.05. The number of rotatable bonds is 4. The molecule has 0 bridgehead atoms. The van der Waals surface area contributed by atoms with Gasteiger partial charge in [-0.2, -0.15) is 0 Å². The van der Waals surface area contributed by atoms with E-state index in [0.717, 1.165) is 32.6 Å². The summed E-state index contributed by atoms with van der Waals surface area (Å²) in [7, 11) is 1.92. The minimum absolute atomic E-state index is 0.769. The maximum absolute atomic E-state index is 5.89. The van der Waals surface area contributed by atoms with Crippen LogP contribution in [0.4, 0.5) is 0 Å². The van der Waals surface area contributed by atoms with Crippen LogP contribution in [0.5, 0.6) is 11.5 Å². The normalized spacial score (nSPS) is 10.4. The molecule has 0 radical (unpaired) electrons. The molecule has 94 valence electrons. The summed E-state index contributed by atoms with van der Waals surface area (Å²) in [5.41, 5.74) is 1.12. The Morgan fingerprint density at radius 2 is 1.67 bits per heavy atom. The lowest BCUT2D eigenvalue weighted by Crippen LogP contribution is -2.06. The summed E-state index contributed by atoms with van der Waals surface area (Å²) < 4.78 is 7.98. The first-order chi connectivity index (χ1) is 8.69. The predicted molar refractivity (Wildman–Crippen MR) is 81.1 cm³/mol. The maximum Gasteiger partial charge on any atom is 0.131 e. The molecular weight excluding hydrogens is 358 g/mol. The van der Waals surface area contributed by atoms with Crippen LogP contribution in [0.15, 0.2) is 51.4 Å². The van der Waals surface area contributed by atoms with E-state index < -0.39 is 0 Å². The summed E-state index contributed by atoms with van der Waals surface area (Å²) in [4.78, 5) is 0. The second-order valence-electron chi connectivity index (χ2n) is 3.84. The van der Waals surface area contributed by atoms with Crippen molar-refractivity contribution >= 4 is 31.9 Å². The van der Waals surface area contributed by atoms with E-state index in [1.807, 2.05) is 43.4 Å². The van der Waals surface area contributed by atoms with Gasteiger partial charge in [0.15, 0.2) is 0 Å². The van der Waals surface area contributed by atoms with Crippen molar-refractivity contribution in [3.8, 4) is 11.5 Å². The quantitative estimate of drug-likeness (QED) is 0.840. The molecular formula is C14H13Br2NO. The van der Waals surface area contributed by atoms with Crippen LogP contribution < -0.4 is 10.1 Å². The van der Waals surface area contributed by atoms with Crippen LogP contribution in [0.3, 0.4) is 0 Å². The van der Waals surface area contributed by atoms with Gasteiger partial charge in [0.1, 0.15) is 11.5 Å². The first kappa shape index (κ1) is 13.6. The zero-order valence-electron chi connectivity index (χ0n) is 9.91. The highest BCUT2D eigenvalue weighted by Crippen LogP contribution is 2.28. The molecule has 0 heterocycles. The number of nitrogens with one attached hydrogen (secondary N) is 1. The molecule has 0 unspecified atom stereocenters. The zero-order chi connectivity index (χ0) is 13.0. The maximum atomic E-state index is 5.89. The Kier molecular flexibility index (Phi) is 4.80. The van der Waals surface area contributed by atoms with E-state index in [4.69, 9.17) is 4.74 Å². The Hall–Kier alpha value is -0.840. The van der Waals surface area contributed by atoms with E-state index in [1.165, 1.54) is 0 Å². The number of ether oxygens (including phenoxy) is 1. The van der Waals surface area contributed by atoms with Gasteiger partial charge < -0.3 is 10.1 Å². The Labute approximate surface area is 124 Å². The summed E-state index contributed by atoms with van der Waals surface area (Å²) in [6, 6.07) is 13.8. The lowest BCUT2D eigenvalue weighted by atomic mass is 10.2. The van der Waals surface area contributed by atoms with Gasteiger partial charge in [-0.15, -0.1) is 0 Å². The highest BCUT2D eigenvalue weighted by molar-refractivity contribution is 9.10. The molecule has 0 aliphatic rings. The Morgan fingerprint density at radius 1 is 1.00 bits per heavy atom. The van der Waals surface area contributed by atoms with Crippen molar-refractivity contribution in [2.45, 2.75) is 6.54 Å². The monoisotopic (exact) mass is 369 g/mol. The lowest BCUT2D eigenvalue weighted by Gasteiger charge is -2.11. The van der Waals surface area contributed by atoms with Crippen molar-refractivity contribution in [1.29, 1.82) is 0 Å². The van der Waals surface area contributed by atoms with Crippen LogP contribution in [-0.4, -0.2) is 7.05 Å². The Bertz CT molecular complexity index is 526. The highest BCUT2D eigenvalue weighted by atomic mass is 79.9. The molecule has 2 nitrogen and oxygen atoms in total. The Balaban J connectivity index is 2.25. The van der Waals surface area contributed by atoms with Crippen molar-refractivity contribution in [3.05, 3.63) is 57.0 Å². The molecule has 2 rings (SSSR count). The van der Waals surface area contributed by atoms with Gasteiger partial charge in [0, 0.05) is 21.1 Å². The molecule has 4 heteroatoms. The third-order valence-electron chi connectivity index (χ3n) is 2.43. The number of hydrogen-bond donors (Lipinski definition) is 1. The summed E-state index contributed by atoms with van der Waals surface area (Å²) >= 11 is 6.88. The van der Waals surface area contributed by atoms with Gasteiger partial charge in [-0.25, -0.2) is 0 Å². The molecule has 2 aromatic carbocycles. The van der Waals surface area contributed by atoms with Crippen LogP contribution in [-0.2, 0) is 6.54 Å². The number of hydrogen-bond acceptors (Lipinski definition) is 2. The standard InChI is InChI=1S/C14H13Br2NO/c1-17-9-10-8-12(16)4-7-14(10)18-13-5-2-11(15)3-6-13/h2-8,17H,9H2,1H3. The molecule has 0 aromatic heterocycles. The van der Waals surface area contributed by atoms with E-state index in [0.29, 0.717) is 0 Å². The van der Waals surface area contributed by atoms with E-state index in [-0.39, 0.29) is 0 Å².